The van der Waals surface area contributed by atoms with E-state index in [0.29, 0.717) is 56.0 Å². The summed E-state index contributed by atoms with van der Waals surface area (Å²) < 4.78 is 32.1. The normalized spacial score (nSPS) is 13.1. The number of carbonyl (C=O) groups excluding carboxylic acids is 4. The summed E-state index contributed by atoms with van der Waals surface area (Å²) in [5, 5.41) is 12.3. The molecule has 0 radical (unpaired) electrons. The molecule has 3 aromatic carbocycles. The van der Waals surface area contributed by atoms with Gasteiger partial charge >= 0.3 is 23.9 Å². The fraction of sp³-hybridized carbons (Fsp3) is 0.250. The van der Waals surface area contributed by atoms with Gasteiger partial charge in [-0.25, -0.2) is 19.2 Å². The van der Waals surface area contributed by atoms with Crippen molar-refractivity contribution in [3.8, 4) is 41.4 Å². The van der Waals surface area contributed by atoms with Crippen LogP contribution in [0.25, 0.3) is 0 Å². The summed E-state index contributed by atoms with van der Waals surface area (Å²) in [5.41, 5.74) is 3.34. The van der Waals surface area contributed by atoms with Crippen LogP contribution in [0, 0.1) is 30.1 Å². The summed E-state index contributed by atoms with van der Waals surface area (Å²) in [6, 6.07) is 18.9. The Kier molecular flexibility index (Phi) is 16.6. The summed E-state index contributed by atoms with van der Waals surface area (Å²) in [5.74, 6) is 7.25. The summed E-state index contributed by atoms with van der Waals surface area (Å²) in [6.45, 7) is 6.56. The van der Waals surface area contributed by atoms with Crippen LogP contribution < -0.4 is 14.2 Å². The minimum absolute atomic E-state index is 0.0438. The van der Waals surface area contributed by atoms with Gasteiger partial charge in [-0.15, -0.1) is 6.42 Å². The minimum Gasteiger partial charge on any atom is -0.493 e. The maximum atomic E-state index is 13.1. The zero-order valence-electron chi connectivity index (χ0n) is 30.9. The number of ether oxygens (including phenoxy) is 6. The Morgan fingerprint density at radius 1 is 0.821 bits per heavy atom. The second-order valence-electron chi connectivity index (χ2n) is 12.2. The Morgan fingerprint density at radius 2 is 1.48 bits per heavy atom. The highest BCUT2D eigenvalue weighted by atomic mass is 16.5. The van der Waals surface area contributed by atoms with Crippen LogP contribution >= 0.6 is 0 Å². The van der Waals surface area contributed by atoms with Gasteiger partial charge in [0.05, 0.1) is 44.8 Å². The molecule has 0 amide bonds. The fourth-order valence-electron chi connectivity index (χ4n) is 5.12. The smallest absolute Gasteiger partial charge is 0.384 e. The number of nitrogens with zero attached hydrogens (tertiary/aromatic N) is 1. The van der Waals surface area contributed by atoms with Gasteiger partial charge in [0.25, 0.3) is 0 Å². The van der Waals surface area contributed by atoms with E-state index in [1.807, 2.05) is 49.2 Å². The monoisotopic (exact) mass is 759 g/mol. The largest absolute Gasteiger partial charge is 0.493 e. The second kappa shape index (κ2) is 22.2. The van der Waals surface area contributed by atoms with Gasteiger partial charge in [0.2, 0.25) is 0 Å². The summed E-state index contributed by atoms with van der Waals surface area (Å²) in [7, 11) is 0. The molecule has 0 aliphatic heterocycles. The summed E-state index contributed by atoms with van der Waals surface area (Å²) in [4.78, 5) is 48.1. The molecule has 0 fully saturated rings. The van der Waals surface area contributed by atoms with Gasteiger partial charge < -0.3 is 33.6 Å². The van der Waals surface area contributed by atoms with Crippen LogP contribution in [0.3, 0.4) is 0 Å². The fourth-order valence-corrected chi connectivity index (χ4v) is 5.12. The topological polar surface area (TPSA) is 156 Å². The SMILES string of the molecule is C#CC(=O)OCCCOc1ccc(CCOC(=O)c2ccc(OC(=O)C3=CC=C(C#Cc4ccc(OCCCOC(=O)C=C)cc4)C(C)C3)cc2C=NO)cc1. The molecule has 0 saturated heterocycles. The highest BCUT2D eigenvalue weighted by Crippen LogP contribution is 2.27. The quantitative estimate of drug-likeness (QED) is 0.0151. The molecule has 1 N–H and O–H groups in total. The van der Waals surface area contributed by atoms with Crippen LogP contribution in [-0.2, 0) is 35.0 Å². The number of benzene rings is 3. The van der Waals surface area contributed by atoms with Crippen LogP contribution in [0.4, 0.5) is 0 Å². The van der Waals surface area contributed by atoms with Crippen LogP contribution in [0.1, 0.15) is 53.2 Å². The highest BCUT2D eigenvalue weighted by Gasteiger charge is 2.21. The van der Waals surface area contributed by atoms with Crippen molar-refractivity contribution in [2.24, 2.45) is 11.1 Å². The molecule has 288 valence electrons. The van der Waals surface area contributed by atoms with E-state index >= 15 is 0 Å². The first-order valence-corrected chi connectivity index (χ1v) is 17.7. The number of carbonyl (C=O) groups is 4. The van der Waals surface area contributed by atoms with Gasteiger partial charge in [-0.05, 0) is 78.6 Å². The third-order valence-corrected chi connectivity index (χ3v) is 8.06. The van der Waals surface area contributed by atoms with Gasteiger partial charge in [-0.2, -0.15) is 0 Å². The van der Waals surface area contributed by atoms with Gasteiger partial charge in [-0.3, -0.25) is 0 Å². The maximum Gasteiger partial charge on any atom is 0.384 e. The van der Waals surface area contributed by atoms with Crippen LogP contribution in [0.2, 0.25) is 0 Å². The molecule has 0 saturated carbocycles. The Morgan fingerprint density at radius 3 is 2.12 bits per heavy atom. The van der Waals surface area contributed by atoms with Crippen molar-refractivity contribution in [1.82, 2.24) is 0 Å². The highest BCUT2D eigenvalue weighted by molar-refractivity contribution is 6.00. The predicted octanol–water partition coefficient (Wildman–Crippen LogP) is 6.19. The van der Waals surface area contributed by atoms with Crippen molar-refractivity contribution in [2.45, 2.75) is 32.6 Å². The van der Waals surface area contributed by atoms with Gasteiger partial charge in [0, 0.05) is 53.5 Å². The van der Waals surface area contributed by atoms with Crippen molar-refractivity contribution in [3.05, 3.63) is 125 Å². The number of hydrogen-bond acceptors (Lipinski definition) is 12. The second-order valence-corrected chi connectivity index (χ2v) is 12.2. The molecule has 1 aliphatic carbocycles. The van der Waals surface area contributed by atoms with Gasteiger partial charge in [0.1, 0.15) is 17.2 Å². The van der Waals surface area contributed by atoms with E-state index in [1.165, 1.54) is 18.2 Å². The molecule has 1 atom stereocenters. The van der Waals surface area contributed by atoms with E-state index in [1.54, 1.807) is 24.3 Å². The van der Waals surface area contributed by atoms with Crippen LogP contribution in [0.15, 0.2) is 108 Å². The first-order valence-electron chi connectivity index (χ1n) is 17.7. The molecule has 0 aromatic heterocycles. The van der Waals surface area contributed by atoms with E-state index in [9.17, 15) is 24.4 Å². The molecular weight excluding hydrogens is 718 g/mol. The Labute approximate surface area is 325 Å². The van der Waals surface area contributed by atoms with Gasteiger partial charge in [0.15, 0.2) is 0 Å². The van der Waals surface area contributed by atoms with E-state index < -0.39 is 23.9 Å². The minimum atomic E-state index is -0.710. The number of esters is 4. The molecule has 1 aliphatic rings. The van der Waals surface area contributed by atoms with Crippen molar-refractivity contribution in [2.75, 3.05) is 33.0 Å². The first kappa shape index (κ1) is 41.7. The Hall–Kier alpha value is -7.05. The van der Waals surface area contributed by atoms with E-state index in [4.69, 9.17) is 34.8 Å². The molecule has 12 heteroatoms. The lowest BCUT2D eigenvalue weighted by Gasteiger charge is -2.17. The molecule has 3 aromatic rings. The van der Waals surface area contributed by atoms with Crippen LogP contribution in [-0.4, -0.2) is 68.3 Å². The molecule has 56 heavy (non-hydrogen) atoms. The first-order chi connectivity index (χ1) is 27.2. The molecule has 0 spiro atoms. The number of oxime groups is 1. The number of terminal acetylenes is 1. The van der Waals surface area contributed by atoms with Crippen molar-refractivity contribution in [1.29, 1.82) is 0 Å². The average Bonchev–Trinajstić information content (AvgIpc) is 3.21. The molecule has 0 bridgehead atoms. The zero-order chi connectivity index (χ0) is 40.1. The Bertz CT molecular complexity index is 2060. The summed E-state index contributed by atoms with van der Waals surface area (Å²) in [6.07, 6.45) is 12.5. The van der Waals surface area contributed by atoms with E-state index in [0.717, 1.165) is 29.0 Å². The van der Waals surface area contributed by atoms with E-state index in [-0.39, 0.29) is 42.6 Å². The average molecular weight is 760 g/mol. The van der Waals surface area contributed by atoms with Crippen molar-refractivity contribution < 1.29 is 52.8 Å². The standard InChI is InChI=1S/C44H41NO11/c1-4-41(46)53-25-6-23-51-37-16-9-32(10-17-37)8-13-34-14-15-35(28-31(34)3)43(48)56-39-20-21-40(36(29-39)30-45-50)44(49)55-27-22-33-11-18-38(19-12-33)52-24-7-26-54-42(47)5-2/h2,4,9-12,14-21,29-31,50H,1,6-7,22-28H2,3H3. The third kappa shape index (κ3) is 13.7. The molecule has 1 unspecified atom stereocenters. The van der Waals surface area contributed by atoms with Crippen LogP contribution in [0.5, 0.6) is 17.2 Å². The molecule has 12 nitrogen and oxygen atoms in total. The zero-order valence-corrected chi connectivity index (χ0v) is 30.9. The predicted molar refractivity (Wildman–Crippen MR) is 206 cm³/mol. The molecule has 4 rings (SSSR count). The van der Waals surface area contributed by atoms with E-state index in [2.05, 4.69) is 23.6 Å². The third-order valence-electron chi connectivity index (χ3n) is 8.06. The number of rotatable bonds is 18. The van der Waals surface area contributed by atoms with Gasteiger partial charge in [-0.1, -0.05) is 48.7 Å². The lowest BCUT2D eigenvalue weighted by molar-refractivity contribution is -0.138. The maximum absolute atomic E-state index is 13.1. The lowest BCUT2D eigenvalue weighted by Crippen LogP contribution is -2.17. The molecular formula is C44H41NO11. The number of allylic oxidation sites excluding steroid dienone is 3. The summed E-state index contributed by atoms with van der Waals surface area (Å²) >= 11 is 0. The lowest BCUT2D eigenvalue weighted by atomic mass is 9.88. The number of hydrogen-bond donors (Lipinski definition) is 1. The van der Waals surface area contributed by atoms with Crippen molar-refractivity contribution >= 4 is 30.1 Å². The van der Waals surface area contributed by atoms with Crippen molar-refractivity contribution in [3.63, 3.8) is 0 Å². The molecule has 0 heterocycles. The Balaban J connectivity index is 1.25.